The Bertz CT molecular complexity index is 229. The van der Waals surface area contributed by atoms with Crippen molar-refractivity contribution in [1.29, 1.82) is 0 Å². The van der Waals surface area contributed by atoms with E-state index in [1.54, 1.807) is 0 Å². The molecule has 0 heterocycles. The summed E-state index contributed by atoms with van der Waals surface area (Å²) < 4.78 is 0. The average Bonchev–Trinajstić information content (AvgIpc) is 2.09. The Hall–Kier alpha value is -0.970. The van der Waals surface area contributed by atoms with E-state index in [9.17, 15) is 4.79 Å². The molecule has 1 aliphatic carbocycles. The lowest BCUT2D eigenvalue weighted by Gasteiger charge is -2.33. The standard InChI is InChI=1S/C11H16O2/c1-3-4-9-5-7-11(2,8-6-9)10(12)13/h1,9H,4-8H2,2H3,(H,12,13). The number of carbonyl (C=O) groups is 1. The van der Waals surface area contributed by atoms with Crippen molar-refractivity contribution in [3.05, 3.63) is 0 Å². The SMILES string of the molecule is C#CCC1CCC(C)(C(=O)O)CC1. The fraction of sp³-hybridized carbons (Fsp3) is 0.727. The van der Waals surface area contributed by atoms with Gasteiger partial charge in [0.2, 0.25) is 0 Å². The molecule has 0 bridgehead atoms. The van der Waals surface area contributed by atoms with Crippen LogP contribution in [0.3, 0.4) is 0 Å². The highest BCUT2D eigenvalue weighted by atomic mass is 16.4. The first-order valence-corrected chi connectivity index (χ1v) is 4.75. The van der Waals surface area contributed by atoms with E-state index < -0.39 is 11.4 Å². The molecule has 0 aromatic rings. The summed E-state index contributed by atoms with van der Waals surface area (Å²) in [5, 5.41) is 8.97. The van der Waals surface area contributed by atoms with Gasteiger partial charge >= 0.3 is 5.97 Å². The third-order valence-electron chi connectivity index (χ3n) is 3.13. The molecular weight excluding hydrogens is 164 g/mol. The predicted octanol–water partition coefficient (Wildman–Crippen LogP) is 2.29. The number of terminal acetylenes is 1. The van der Waals surface area contributed by atoms with Crippen LogP contribution in [0, 0.1) is 23.7 Å². The van der Waals surface area contributed by atoms with Crippen LogP contribution in [0.2, 0.25) is 0 Å². The Morgan fingerprint density at radius 3 is 2.54 bits per heavy atom. The van der Waals surface area contributed by atoms with Gasteiger partial charge < -0.3 is 5.11 Å². The van der Waals surface area contributed by atoms with Gasteiger partial charge in [-0.3, -0.25) is 4.79 Å². The molecule has 72 valence electrons. The third kappa shape index (κ3) is 2.24. The lowest BCUT2D eigenvalue weighted by molar-refractivity contribution is -0.150. The molecule has 0 unspecified atom stereocenters. The summed E-state index contributed by atoms with van der Waals surface area (Å²) in [6.45, 7) is 1.83. The van der Waals surface area contributed by atoms with Crippen LogP contribution in [0.1, 0.15) is 39.0 Å². The van der Waals surface area contributed by atoms with E-state index in [-0.39, 0.29) is 0 Å². The summed E-state index contributed by atoms with van der Waals surface area (Å²) in [4.78, 5) is 10.9. The van der Waals surface area contributed by atoms with E-state index in [1.807, 2.05) is 6.92 Å². The van der Waals surface area contributed by atoms with E-state index in [0.29, 0.717) is 5.92 Å². The summed E-state index contributed by atoms with van der Waals surface area (Å²) in [5.41, 5.74) is -0.495. The van der Waals surface area contributed by atoms with Gasteiger partial charge in [0.15, 0.2) is 0 Å². The zero-order chi connectivity index (χ0) is 9.90. The normalized spacial score (nSPS) is 33.7. The van der Waals surface area contributed by atoms with E-state index in [2.05, 4.69) is 5.92 Å². The van der Waals surface area contributed by atoms with Crippen molar-refractivity contribution in [3.8, 4) is 12.3 Å². The Kier molecular flexibility index (Phi) is 2.98. The number of rotatable bonds is 2. The Morgan fingerprint density at radius 2 is 2.15 bits per heavy atom. The second-order valence-corrected chi connectivity index (χ2v) is 4.22. The molecule has 0 amide bonds. The van der Waals surface area contributed by atoms with Crippen molar-refractivity contribution in [2.24, 2.45) is 11.3 Å². The molecule has 0 aromatic carbocycles. The van der Waals surface area contributed by atoms with E-state index in [1.165, 1.54) is 0 Å². The molecule has 0 radical (unpaired) electrons. The third-order valence-corrected chi connectivity index (χ3v) is 3.13. The topological polar surface area (TPSA) is 37.3 Å². The lowest BCUT2D eigenvalue weighted by atomic mass is 9.71. The Balaban J connectivity index is 2.48. The molecule has 0 atom stereocenters. The monoisotopic (exact) mass is 180 g/mol. The van der Waals surface area contributed by atoms with Crippen molar-refractivity contribution < 1.29 is 9.90 Å². The summed E-state index contributed by atoms with van der Waals surface area (Å²) in [5.74, 6) is 2.54. The molecule has 0 spiro atoms. The van der Waals surface area contributed by atoms with Crippen LogP contribution < -0.4 is 0 Å². The van der Waals surface area contributed by atoms with Gasteiger partial charge in [0.1, 0.15) is 0 Å². The molecule has 1 aliphatic rings. The molecule has 0 aliphatic heterocycles. The minimum absolute atomic E-state index is 0.495. The molecule has 0 aromatic heterocycles. The second-order valence-electron chi connectivity index (χ2n) is 4.22. The molecule has 2 nitrogen and oxygen atoms in total. The number of carboxylic acid groups (broad SMARTS) is 1. The average molecular weight is 180 g/mol. The van der Waals surface area contributed by atoms with Crippen molar-refractivity contribution >= 4 is 5.97 Å². The smallest absolute Gasteiger partial charge is 0.309 e. The van der Waals surface area contributed by atoms with Gasteiger partial charge in [0.05, 0.1) is 5.41 Å². The number of hydrogen-bond donors (Lipinski definition) is 1. The molecule has 1 rings (SSSR count). The lowest BCUT2D eigenvalue weighted by Crippen LogP contribution is -2.32. The number of carboxylic acids is 1. The molecule has 0 saturated heterocycles. The predicted molar refractivity (Wildman–Crippen MR) is 51.2 cm³/mol. The minimum Gasteiger partial charge on any atom is -0.481 e. The maximum absolute atomic E-state index is 10.9. The van der Waals surface area contributed by atoms with Gasteiger partial charge in [0.25, 0.3) is 0 Å². The highest BCUT2D eigenvalue weighted by Gasteiger charge is 2.36. The van der Waals surface area contributed by atoms with Crippen LogP contribution in [-0.2, 0) is 4.79 Å². The van der Waals surface area contributed by atoms with Crippen LogP contribution in [0.4, 0.5) is 0 Å². The van der Waals surface area contributed by atoms with Crippen LogP contribution in [0.25, 0.3) is 0 Å². The van der Waals surface area contributed by atoms with Crippen LogP contribution >= 0.6 is 0 Å². The largest absolute Gasteiger partial charge is 0.481 e. The van der Waals surface area contributed by atoms with E-state index in [4.69, 9.17) is 11.5 Å². The molecule has 1 fully saturated rings. The molecule has 2 heteroatoms. The molecule has 1 saturated carbocycles. The Labute approximate surface area is 79.3 Å². The van der Waals surface area contributed by atoms with E-state index >= 15 is 0 Å². The van der Waals surface area contributed by atoms with Crippen LogP contribution in [0.5, 0.6) is 0 Å². The van der Waals surface area contributed by atoms with E-state index in [0.717, 1.165) is 32.1 Å². The van der Waals surface area contributed by atoms with Crippen molar-refractivity contribution in [2.45, 2.75) is 39.0 Å². The quantitative estimate of drug-likeness (QED) is 0.662. The van der Waals surface area contributed by atoms with Gasteiger partial charge in [-0.05, 0) is 38.5 Å². The van der Waals surface area contributed by atoms with Crippen LogP contribution in [0.15, 0.2) is 0 Å². The second kappa shape index (κ2) is 3.83. The fourth-order valence-electron chi connectivity index (χ4n) is 1.90. The highest BCUT2D eigenvalue weighted by Crippen LogP contribution is 2.39. The minimum atomic E-state index is -0.661. The summed E-state index contributed by atoms with van der Waals surface area (Å²) >= 11 is 0. The van der Waals surface area contributed by atoms with Crippen molar-refractivity contribution in [1.82, 2.24) is 0 Å². The van der Waals surface area contributed by atoms with Gasteiger partial charge in [-0.2, -0.15) is 0 Å². The van der Waals surface area contributed by atoms with Crippen LogP contribution in [-0.4, -0.2) is 11.1 Å². The molecular formula is C11H16O2. The summed E-state index contributed by atoms with van der Waals surface area (Å²) in [6, 6.07) is 0. The van der Waals surface area contributed by atoms with Gasteiger partial charge in [-0.15, -0.1) is 12.3 Å². The zero-order valence-corrected chi connectivity index (χ0v) is 8.05. The van der Waals surface area contributed by atoms with Crippen molar-refractivity contribution in [3.63, 3.8) is 0 Å². The first-order chi connectivity index (χ1) is 6.08. The first kappa shape index (κ1) is 10.1. The summed E-state index contributed by atoms with van der Waals surface area (Å²) in [6.07, 6.45) is 9.50. The van der Waals surface area contributed by atoms with Crippen molar-refractivity contribution in [2.75, 3.05) is 0 Å². The maximum atomic E-state index is 10.9. The van der Waals surface area contributed by atoms with Gasteiger partial charge in [-0.25, -0.2) is 0 Å². The number of hydrogen-bond acceptors (Lipinski definition) is 1. The summed E-state index contributed by atoms with van der Waals surface area (Å²) in [7, 11) is 0. The van der Waals surface area contributed by atoms with Gasteiger partial charge in [-0.1, -0.05) is 0 Å². The maximum Gasteiger partial charge on any atom is 0.309 e. The zero-order valence-electron chi connectivity index (χ0n) is 8.05. The Morgan fingerprint density at radius 1 is 1.62 bits per heavy atom. The fourth-order valence-corrected chi connectivity index (χ4v) is 1.90. The highest BCUT2D eigenvalue weighted by molar-refractivity contribution is 5.74. The first-order valence-electron chi connectivity index (χ1n) is 4.75. The van der Waals surface area contributed by atoms with Gasteiger partial charge in [0, 0.05) is 6.42 Å². The molecule has 1 N–H and O–H groups in total. The molecule has 13 heavy (non-hydrogen) atoms. The number of aliphatic carboxylic acids is 1.